The van der Waals surface area contributed by atoms with Gasteiger partial charge in [-0.1, -0.05) is 17.7 Å². The second-order valence-electron chi connectivity index (χ2n) is 2.66. The molecule has 4 nitrogen and oxygen atoms in total. The average Bonchev–Trinajstić information content (AvgIpc) is 2.03. The highest BCUT2D eigenvalue weighted by atomic mass is 35.8. The zero-order valence-corrected chi connectivity index (χ0v) is 9.53. The molecular weight excluding hydrogens is 248 g/mol. The lowest BCUT2D eigenvalue weighted by atomic mass is 10.2. The van der Waals surface area contributed by atoms with Crippen molar-refractivity contribution in [2.75, 3.05) is 0 Å². The fourth-order valence-corrected chi connectivity index (χ4v) is 3.20. The van der Waals surface area contributed by atoms with E-state index in [1.54, 1.807) is 6.92 Å². The molecule has 0 fully saturated rings. The lowest BCUT2D eigenvalue weighted by molar-refractivity contribution is 0.589. The van der Waals surface area contributed by atoms with Crippen LogP contribution in [0.25, 0.3) is 0 Å². The Morgan fingerprint density at radius 1 is 1.00 bits per heavy atom. The summed E-state index contributed by atoms with van der Waals surface area (Å²) in [6.07, 6.45) is 0. The second-order valence-corrected chi connectivity index (χ2v) is 9.23. The van der Waals surface area contributed by atoms with Crippen LogP contribution in [-0.2, 0) is 17.0 Å². The monoisotopic (exact) mass is 254 g/mol. The van der Waals surface area contributed by atoms with E-state index in [1.807, 2.05) is 0 Å². The van der Waals surface area contributed by atoms with Crippen LogP contribution >= 0.6 is 10.7 Å². The van der Waals surface area contributed by atoms with Crippen molar-refractivity contribution in [2.45, 2.75) is 11.8 Å². The molecule has 0 aromatic heterocycles. The Morgan fingerprint density at radius 2 is 1.43 bits per heavy atom. The van der Waals surface area contributed by atoms with E-state index in [2.05, 4.69) is 0 Å². The molecule has 0 heterocycles. The molecule has 0 spiro atoms. The highest BCUT2D eigenvalue weighted by Gasteiger charge is 2.29. The summed E-state index contributed by atoms with van der Waals surface area (Å²) < 4.78 is 43.9. The molecule has 0 saturated carbocycles. The van der Waals surface area contributed by atoms with E-state index in [1.165, 1.54) is 24.3 Å². The van der Waals surface area contributed by atoms with Crippen molar-refractivity contribution in [1.82, 2.24) is 0 Å². The molecule has 1 rings (SSSR count). The third kappa shape index (κ3) is 2.08. The van der Waals surface area contributed by atoms with Crippen molar-refractivity contribution in [3.63, 3.8) is 0 Å². The first-order chi connectivity index (χ1) is 6.25. The molecule has 0 saturated heterocycles. The van der Waals surface area contributed by atoms with Gasteiger partial charge in [-0.3, -0.25) is 0 Å². The molecule has 7 heteroatoms. The summed E-state index contributed by atoms with van der Waals surface area (Å²) in [5, 5.41) is 0. The maximum atomic E-state index is 11.2. The molecular formula is C7H7ClO4S2. The van der Waals surface area contributed by atoms with Crippen molar-refractivity contribution in [3.8, 4) is 0 Å². The van der Waals surface area contributed by atoms with Crippen molar-refractivity contribution < 1.29 is 16.8 Å². The lowest BCUT2D eigenvalue weighted by Gasteiger charge is -1.99. The summed E-state index contributed by atoms with van der Waals surface area (Å²) in [6.45, 7) is 1.76. The molecule has 1 aromatic carbocycles. The van der Waals surface area contributed by atoms with Gasteiger partial charge >= 0.3 is 8.08 Å². The zero-order valence-electron chi connectivity index (χ0n) is 7.14. The van der Waals surface area contributed by atoms with Gasteiger partial charge in [0.25, 0.3) is 8.87 Å². The number of aryl methyl sites for hydroxylation is 1. The van der Waals surface area contributed by atoms with E-state index in [9.17, 15) is 16.8 Å². The first-order valence-electron chi connectivity index (χ1n) is 3.51. The molecule has 0 amide bonds. The summed E-state index contributed by atoms with van der Waals surface area (Å²) in [5.41, 5.74) is 0.830. The minimum atomic E-state index is -4.62. The van der Waals surface area contributed by atoms with E-state index < -0.39 is 17.0 Å². The predicted molar refractivity (Wildman–Crippen MR) is 53.1 cm³/mol. The van der Waals surface area contributed by atoms with Crippen molar-refractivity contribution in [1.29, 1.82) is 0 Å². The molecule has 0 aliphatic rings. The minimum Gasteiger partial charge on any atom is -0.206 e. The van der Waals surface area contributed by atoms with Crippen LogP contribution in [0.1, 0.15) is 5.56 Å². The third-order valence-electron chi connectivity index (χ3n) is 1.57. The SMILES string of the molecule is Cc1ccc(S(=O)(=O)S(=O)(=O)Cl)cc1. The molecule has 1 aromatic rings. The van der Waals surface area contributed by atoms with Crippen molar-refractivity contribution >= 4 is 27.6 Å². The maximum absolute atomic E-state index is 11.2. The Balaban J connectivity index is 3.40. The van der Waals surface area contributed by atoms with Crippen LogP contribution < -0.4 is 0 Å². The lowest BCUT2D eigenvalue weighted by Crippen LogP contribution is -2.09. The molecule has 0 aliphatic heterocycles. The average molecular weight is 255 g/mol. The molecule has 14 heavy (non-hydrogen) atoms. The fraction of sp³-hybridized carbons (Fsp3) is 0.143. The summed E-state index contributed by atoms with van der Waals surface area (Å²) in [5.74, 6) is 0. The van der Waals surface area contributed by atoms with Crippen LogP contribution in [0.3, 0.4) is 0 Å². The van der Waals surface area contributed by atoms with Crippen LogP contribution in [0, 0.1) is 6.92 Å². The Morgan fingerprint density at radius 3 is 1.79 bits per heavy atom. The van der Waals surface area contributed by atoms with Crippen molar-refractivity contribution in [2.24, 2.45) is 0 Å². The Bertz CT molecular complexity index is 528. The summed E-state index contributed by atoms with van der Waals surface area (Å²) in [6, 6.07) is 5.39. The molecule has 0 aliphatic carbocycles. The first-order valence-corrected chi connectivity index (χ1v) is 7.82. The summed E-state index contributed by atoms with van der Waals surface area (Å²) in [7, 11) is -4.30. The van der Waals surface area contributed by atoms with Crippen LogP contribution in [0.5, 0.6) is 0 Å². The topological polar surface area (TPSA) is 68.3 Å². The maximum Gasteiger partial charge on any atom is 0.342 e. The Labute approximate surface area is 86.3 Å². The van der Waals surface area contributed by atoms with E-state index in [0.29, 0.717) is 0 Å². The molecule has 0 bridgehead atoms. The predicted octanol–water partition coefficient (Wildman–Crippen LogP) is 1.25. The number of hydrogen-bond acceptors (Lipinski definition) is 4. The Hall–Kier alpha value is -0.590. The van der Waals surface area contributed by atoms with E-state index in [4.69, 9.17) is 10.7 Å². The van der Waals surface area contributed by atoms with Gasteiger partial charge in [-0.15, -0.1) is 0 Å². The van der Waals surface area contributed by atoms with E-state index in [-0.39, 0.29) is 4.90 Å². The van der Waals surface area contributed by atoms with Crippen LogP contribution in [-0.4, -0.2) is 16.8 Å². The van der Waals surface area contributed by atoms with Gasteiger partial charge in [0, 0.05) is 10.7 Å². The smallest absolute Gasteiger partial charge is 0.206 e. The number of rotatable bonds is 2. The van der Waals surface area contributed by atoms with Gasteiger partial charge in [0.2, 0.25) is 0 Å². The van der Waals surface area contributed by atoms with Gasteiger partial charge in [0.1, 0.15) is 0 Å². The van der Waals surface area contributed by atoms with Gasteiger partial charge in [-0.2, -0.15) is 8.42 Å². The summed E-state index contributed by atoms with van der Waals surface area (Å²) in [4.78, 5) is -0.321. The van der Waals surface area contributed by atoms with Gasteiger partial charge < -0.3 is 0 Å². The van der Waals surface area contributed by atoms with E-state index >= 15 is 0 Å². The van der Waals surface area contributed by atoms with Crippen molar-refractivity contribution in [3.05, 3.63) is 29.8 Å². The van der Waals surface area contributed by atoms with Gasteiger partial charge in [0.15, 0.2) is 0 Å². The zero-order chi connectivity index (χ0) is 11.0. The first kappa shape index (κ1) is 11.5. The van der Waals surface area contributed by atoms with Crippen LogP contribution in [0.4, 0.5) is 0 Å². The Kier molecular flexibility index (Phi) is 2.89. The van der Waals surface area contributed by atoms with E-state index in [0.717, 1.165) is 5.56 Å². The minimum absolute atomic E-state index is 0.321. The second kappa shape index (κ2) is 3.52. The molecule has 78 valence electrons. The summed E-state index contributed by atoms with van der Waals surface area (Å²) >= 11 is 0. The van der Waals surface area contributed by atoms with Crippen LogP contribution in [0.2, 0.25) is 0 Å². The highest BCUT2D eigenvalue weighted by molar-refractivity contribution is 8.75. The highest BCUT2D eigenvalue weighted by Crippen LogP contribution is 2.20. The third-order valence-corrected chi connectivity index (χ3v) is 6.59. The largest absolute Gasteiger partial charge is 0.342 e. The number of hydrogen-bond donors (Lipinski definition) is 0. The normalized spacial score (nSPS) is 12.7. The number of halogens is 1. The fourth-order valence-electron chi connectivity index (χ4n) is 0.820. The van der Waals surface area contributed by atoms with Gasteiger partial charge in [-0.05, 0) is 19.1 Å². The van der Waals surface area contributed by atoms with Gasteiger partial charge in [-0.25, -0.2) is 8.42 Å². The van der Waals surface area contributed by atoms with Crippen LogP contribution in [0.15, 0.2) is 29.2 Å². The van der Waals surface area contributed by atoms with Gasteiger partial charge in [0.05, 0.1) is 4.90 Å². The molecule has 0 atom stereocenters. The molecule has 0 N–H and O–H groups in total. The standard InChI is InChI=1S/C7H7ClO4S2/c1-6-2-4-7(5-3-6)13(9,10)14(8,11)12/h2-5H,1H3. The molecule has 0 radical (unpaired) electrons. The number of benzene rings is 1. The quantitative estimate of drug-likeness (QED) is 0.588. The molecule has 0 unspecified atom stereocenters.